The molecule has 0 bridgehead atoms. The molecule has 0 saturated carbocycles. The van der Waals surface area contributed by atoms with E-state index in [4.69, 9.17) is 10.8 Å². The van der Waals surface area contributed by atoms with Gasteiger partial charge in [-0.1, -0.05) is 0 Å². The van der Waals surface area contributed by atoms with Gasteiger partial charge in [0.05, 0.1) is 0 Å². The highest BCUT2D eigenvalue weighted by Gasteiger charge is 2.35. The molecule has 0 aromatic carbocycles. The summed E-state index contributed by atoms with van der Waals surface area (Å²) in [6.45, 7) is 2.07. The van der Waals surface area contributed by atoms with Crippen molar-refractivity contribution in [2.75, 3.05) is 26.2 Å². The molecule has 4 N–H and O–H groups in total. The lowest BCUT2D eigenvalue weighted by molar-refractivity contribution is -0.128. The number of carbonyl (C=O) groups excluding carboxylic acids is 2. The van der Waals surface area contributed by atoms with E-state index in [1.54, 1.807) is 4.90 Å². The van der Waals surface area contributed by atoms with Crippen molar-refractivity contribution in [1.29, 1.82) is 0 Å². The molecule has 2 rings (SSSR count). The lowest BCUT2D eigenvalue weighted by atomic mass is 9.90. The van der Waals surface area contributed by atoms with Crippen LogP contribution in [-0.2, 0) is 4.79 Å². The third kappa shape index (κ3) is 3.01. The molecule has 2 heterocycles. The van der Waals surface area contributed by atoms with Crippen molar-refractivity contribution in [3.63, 3.8) is 0 Å². The van der Waals surface area contributed by atoms with Gasteiger partial charge >= 0.3 is 12.1 Å². The maximum Gasteiger partial charge on any atom is 0.414 e. The fourth-order valence-corrected chi connectivity index (χ4v) is 3.02. The number of piperazine rings is 1. The molecule has 4 amide bonds. The molecule has 2 atom stereocenters. The molecule has 0 radical (unpaired) electrons. The van der Waals surface area contributed by atoms with Gasteiger partial charge in [0.1, 0.15) is 0 Å². The third-order valence-corrected chi connectivity index (χ3v) is 4.09. The normalized spacial score (nSPS) is 28.1. The highest BCUT2D eigenvalue weighted by atomic mass is 16.4. The van der Waals surface area contributed by atoms with Crippen LogP contribution in [-0.4, -0.2) is 65.2 Å². The van der Waals surface area contributed by atoms with Gasteiger partial charge in [-0.15, -0.1) is 0 Å². The number of carboxylic acid groups (broad SMARTS) is 1. The van der Waals surface area contributed by atoms with Crippen molar-refractivity contribution in [1.82, 2.24) is 15.1 Å². The van der Waals surface area contributed by atoms with Gasteiger partial charge in [0.25, 0.3) is 0 Å². The average Bonchev–Trinajstić information content (AvgIpc) is 2.60. The minimum Gasteiger partial charge on any atom is -0.465 e. The summed E-state index contributed by atoms with van der Waals surface area (Å²) >= 11 is 0. The number of urea groups is 1. The number of hydrogen-bond donors (Lipinski definition) is 3. The van der Waals surface area contributed by atoms with E-state index in [-0.39, 0.29) is 30.8 Å². The van der Waals surface area contributed by atoms with Crippen molar-refractivity contribution >= 4 is 18.0 Å². The number of nitrogens with two attached hydrogens (primary N) is 1. The molecule has 0 spiro atoms. The van der Waals surface area contributed by atoms with Crippen molar-refractivity contribution in [3.8, 4) is 0 Å². The number of likely N-dealkylation sites (tertiary alicyclic amines) is 1. The second-order valence-corrected chi connectivity index (χ2v) is 5.22. The summed E-state index contributed by atoms with van der Waals surface area (Å²) in [6.07, 6.45) is 0.136. The van der Waals surface area contributed by atoms with Crippen LogP contribution in [0.15, 0.2) is 0 Å². The highest BCUT2D eigenvalue weighted by Crippen LogP contribution is 2.25. The predicted molar refractivity (Wildman–Crippen MR) is 70.0 cm³/mol. The fraction of sp³-hybridized carbons (Fsp3) is 0.750. The predicted octanol–water partition coefficient (Wildman–Crippen LogP) is -0.354. The van der Waals surface area contributed by atoms with Crippen LogP contribution < -0.4 is 11.1 Å². The second-order valence-electron chi connectivity index (χ2n) is 5.22. The van der Waals surface area contributed by atoms with Crippen LogP contribution in [0.4, 0.5) is 9.59 Å². The number of nitrogens with one attached hydrogen (secondary N) is 1. The van der Waals surface area contributed by atoms with Crippen LogP contribution >= 0.6 is 0 Å². The zero-order valence-corrected chi connectivity index (χ0v) is 11.2. The maximum atomic E-state index is 11.7. The van der Waals surface area contributed by atoms with Crippen molar-refractivity contribution < 1.29 is 19.5 Å². The minimum absolute atomic E-state index is 0.0669. The average molecular weight is 284 g/mol. The van der Waals surface area contributed by atoms with E-state index in [1.165, 1.54) is 0 Å². The van der Waals surface area contributed by atoms with E-state index in [9.17, 15) is 14.4 Å². The molecule has 0 aromatic rings. The SMILES string of the molecule is NC(=O)N1CCNCC1C1CCC(=O)N(C(=O)O)CC1. The molecule has 20 heavy (non-hydrogen) atoms. The summed E-state index contributed by atoms with van der Waals surface area (Å²) in [5, 5.41) is 12.2. The molecule has 112 valence electrons. The zero-order valence-electron chi connectivity index (χ0n) is 11.2. The first-order chi connectivity index (χ1) is 9.50. The van der Waals surface area contributed by atoms with Crippen LogP contribution in [0.2, 0.25) is 0 Å². The Morgan fingerprint density at radius 3 is 2.70 bits per heavy atom. The topological polar surface area (TPSA) is 116 Å². The van der Waals surface area contributed by atoms with Gasteiger partial charge in [0.2, 0.25) is 5.91 Å². The molecule has 2 fully saturated rings. The van der Waals surface area contributed by atoms with Gasteiger partial charge in [-0.2, -0.15) is 0 Å². The first kappa shape index (κ1) is 14.6. The van der Waals surface area contributed by atoms with Crippen LogP contribution in [0, 0.1) is 5.92 Å². The molecular formula is C12H20N4O4. The Balaban J connectivity index is 2.06. The molecular weight excluding hydrogens is 264 g/mol. The summed E-state index contributed by atoms with van der Waals surface area (Å²) in [5.41, 5.74) is 5.39. The van der Waals surface area contributed by atoms with E-state index < -0.39 is 12.1 Å². The Morgan fingerprint density at radius 2 is 2.05 bits per heavy atom. The first-order valence-corrected chi connectivity index (χ1v) is 6.80. The standard InChI is InChI=1S/C12H20N4O4/c13-11(18)15-6-4-14-7-9(15)8-1-2-10(17)16(5-3-8)12(19)20/h8-9,14H,1-7H2,(H2,13,18)(H,19,20). The smallest absolute Gasteiger partial charge is 0.414 e. The lowest BCUT2D eigenvalue weighted by Gasteiger charge is -2.39. The van der Waals surface area contributed by atoms with Gasteiger partial charge in [0, 0.05) is 38.6 Å². The number of primary amides is 1. The minimum atomic E-state index is -1.20. The quantitative estimate of drug-likeness (QED) is 0.608. The number of carbonyl (C=O) groups is 3. The molecule has 2 aliphatic rings. The molecule has 2 unspecified atom stereocenters. The number of hydrogen-bond acceptors (Lipinski definition) is 4. The van der Waals surface area contributed by atoms with Crippen molar-refractivity contribution in [2.24, 2.45) is 11.7 Å². The number of rotatable bonds is 1. The summed E-state index contributed by atoms with van der Waals surface area (Å²) in [6, 6.07) is -0.523. The van der Waals surface area contributed by atoms with E-state index in [0.717, 1.165) is 4.90 Å². The van der Waals surface area contributed by atoms with Crippen LogP contribution in [0.25, 0.3) is 0 Å². The molecule has 0 aromatic heterocycles. The Hall–Kier alpha value is -1.83. The third-order valence-electron chi connectivity index (χ3n) is 4.09. The Kier molecular flexibility index (Phi) is 4.43. The van der Waals surface area contributed by atoms with Gasteiger partial charge < -0.3 is 21.1 Å². The van der Waals surface area contributed by atoms with Crippen molar-refractivity contribution in [2.45, 2.75) is 25.3 Å². The number of amides is 4. The molecule has 8 nitrogen and oxygen atoms in total. The van der Waals surface area contributed by atoms with Crippen LogP contribution in [0.5, 0.6) is 0 Å². The van der Waals surface area contributed by atoms with Gasteiger partial charge in [-0.05, 0) is 18.8 Å². The van der Waals surface area contributed by atoms with E-state index in [2.05, 4.69) is 5.32 Å². The number of imide groups is 1. The maximum absolute atomic E-state index is 11.7. The summed E-state index contributed by atoms with van der Waals surface area (Å²) < 4.78 is 0. The largest absolute Gasteiger partial charge is 0.465 e. The molecule has 8 heteroatoms. The molecule has 2 saturated heterocycles. The molecule has 0 aliphatic carbocycles. The van der Waals surface area contributed by atoms with Crippen molar-refractivity contribution in [3.05, 3.63) is 0 Å². The lowest BCUT2D eigenvalue weighted by Crippen LogP contribution is -2.58. The second kappa shape index (κ2) is 6.08. The summed E-state index contributed by atoms with van der Waals surface area (Å²) in [7, 11) is 0. The Bertz CT molecular complexity index is 414. The fourth-order valence-electron chi connectivity index (χ4n) is 3.02. The number of nitrogens with zero attached hydrogens (tertiary/aromatic N) is 2. The van der Waals surface area contributed by atoms with E-state index in [1.807, 2.05) is 0 Å². The highest BCUT2D eigenvalue weighted by molar-refractivity contribution is 5.91. The monoisotopic (exact) mass is 284 g/mol. The summed E-state index contributed by atoms with van der Waals surface area (Å²) in [5.74, 6) is -0.280. The van der Waals surface area contributed by atoms with Gasteiger partial charge in [-0.25, -0.2) is 14.5 Å². The van der Waals surface area contributed by atoms with E-state index >= 15 is 0 Å². The Labute approximate surface area is 116 Å². The van der Waals surface area contributed by atoms with Gasteiger partial charge in [0.15, 0.2) is 0 Å². The molecule has 2 aliphatic heterocycles. The van der Waals surface area contributed by atoms with Crippen LogP contribution in [0.3, 0.4) is 0 Å². The first-order valence-electron chi connectivity index (χ1n) is 6.80. The zero-order chi connectivity index (χ0) is 14.7. The van der Waals surface area contributed by atoms with Crippen LogP contribution in [0.1, 0.15) is 19.3 Å². The Morgan fingerprint density at radius 1 is 1.30 bits per heavy atom. The van der Waals surface area contributed by atoms with E-state index in [0.29, 0.717) is 32.5 Å². The van der Waals surface area contributed by atoms with Gasteiger partial charge in [-0.3, -0.25) is 4.79 Å². The summed E-state index contributed by atoms with van der Waals surface area (Å²) in [4.78, 5) is 36.7.